The second-order valence-electron chi connectivity index (χ2n) is 5.58. The number of nitrogens with two attached hydrogens (primary N) is 1. The number of primary sulfonamides is 1. The summed E-state index contributed by atoms with van der Waals surface area (Å²) in [7, 11) is -2.54. The number of benzene rings is 3. The molecule has 3 rings (SSSR count). The van der Waals surface area contributed by atoms with Crippen molar-refractivity contribution in [1.82, 2.24) is 0 Å². The number of hydrogen-bond acceptors (Lipinski definition) is 3. The van der Waals surface area contributed by atoms with Gasteiger partial charge in [0.15, 0.2) is 11.6 Å². The molecule has 3 aromatic carbocycles. The van der Waals surface area contributed by atoms with Gasteiger partial charge < -0.3 is 4.74 Å². The minimum Gasteiger partial charge on any atom is -0.497 e. The van der Waals surface area contributed by atoms with E-state index in [1.807, 2.05) is 0 Å². The molecule has 0 fully saturated rings. The average Bonchev–Trinajstić information content (AvgIpc) is 2.63. The first kappa shape index (κ1) is 18.0. The summed E-state index contributed by atoms with van der Waals surface area (Å²) < 4.78 is 56.7. The number of halogens is 2. The molecule has 0 aromatic heterocycles. The first-order valence-corrected chi connectivity index (χ1v) is 9.11. The van der Waals surface area contributed by atoms with Crippen LogP contribution in [0.4, 0.5) is 8.78 Å². The third kappa shape index (κ3) is 3.44. The second-order valence-corrected chi connectivity index (χ2v) is 7.11. The molecule has 0 heterocycles. The highest BCUT2D eigenvalue weighted by atomic mass is 32.2. The summed E-state index contributed by atoms with van der Waals surface area (Å²) in [5.74, 6) is -1.52. The normalized spacial score (nSPS) is 11.4. The van der Waals surface area contributed by atoms with Gasteiger partial charge in [-0.05, 0) is 47.0 Å². The summed E-state index contributed by atoms with van der Waals surface area (Å²) in [6, 6.07) is 14.6. The Balaban J connectivity index is 2.30. The lowest BCUT2D eigenvalue weighted by Gasteiger charge is -2.14. The summed E-state index contributed by atoms with van der Waals surface area (Å²) >= 11 is 0. The van der Waals surface area contributed by atoms with Gasteiger partial charge in [-0.2, -0.15) is 0 Å². The lowest BCUT2D eigenvalue weighted by Crippen LogP contribution is -2.13. The Morgan fingerprint density at radius 3 is 2.00 bits per heavy atom. The molecule has 3 aromatic rings. The lowest BCUT2D eigenvalue weighted by atomic mass is 9.94. The Kier molecular flexibility index (Phi) is 4.76. The van der Waals surface area contributed by atoms with E-state index in [9.17, 15) is 17.2 Å². The molecule has 134 valence electrons. The van der Waals surface area contributed by atoms with Gasteiger partial charge in [0, 0.05) is 5.56 Å². The molecule has 0 spiro atoms. The van der Waals surface area contributed by atoms with Gasteiger partial charge in [-0.15, -0.1) is 0 Å². The maximum absolute atomic E-state index is 13.9. The van der Waals surface area contributed by atoms with Crippen molar-refractivity contribution in [2.45, 2.75) is 4.90 Å². The molecular weight excluding hydrogens is 360 g/mol. The highest BCUT2D eigenvalue weighted by molar-refractivity contribution is 7.89. The van der Waals surface area contributed by atoms with Crippen LogP contribution in [0.25, 0.3) is 22.3 Å². The van der Waals surface area contributed by atoms with Crippen molar-refractivity contribution in [1.29, 1.82) is 0 Å². The van der Waals surface area contributed by atoms with Crippen molar-refractivity contribution in [3.63, 3.8) is 0 Å². The van der Waals surface area contributed by atoms with Crippen LogP contribution in [0.15, 0.2) is 65.6 Å². The molecule has 4 nitrogen and oxygen atoms in total. The van der Waals surface area contributed by atoms with Crippen LogP contribution in [0.3, 0.4) is 0 Å². The molecule has 26 heavy (non-hydrogen) atoms. The second kappa shape index (κ2) is 6.86. The summed E-state index contributed by atoms with van der Waals surface area (Å²) in [5, 5.41) is 5.28. The van der Waals surface area contributed by atoms with Gasteiger partial charge in [0.2, 0.25) is 10.0 Å². The molecule has 0 saturated heterocycles. The van der Waals surface area contributed by atoms with Crippen molar-refractivity contribution < 1.29 is 21.9 Å². The summed E-state index contributed by atoms with van der Waals surface area (Å²) in [5.41, 5.74) is 1.32. The monoisotopic (exact) mass is 375 g/mol. The lowest BCUT2D eigenvalue weighted by molar-refractivity contribution is 0.415. The largest absolute Gasteiger partial charge is 0.497 e. The van der Waals surface area contributed by atoms with E-state index in [2.05, 4.69) is 0 Å². The minimum absolute atomic E-state index is 0.166. The van der Waals surface area contributed by atoms with Gasteiger partial charge >= 0.3 is 0 Å². The molecule has 0 bridgehead atoms. The van der Waals surface area contributed by atoms with Crippen LogP contribution >= 0.6 is 0 Å². The zero-order valence-corrected chi connectivity index (χ0v) is 14.6. The van der Waals surface area contributed by atoms with Gasteiger partial charge in [-0.25, -0.2) is 22.3 Å². The minimum atomic E-state index is -4.05. The first-order chi connectivity index (χ1) is 12.3. The number of ether oxygens (including phenoxy) is 1. The Morgan fingerprint density at radius 1 is 0.846 bits per heavy atom. The Bertz CT molecular complexity index is 1060. The van der Waals surface area contributed by atoms with Gasteiger partial charge in [0.05, 0.1) is 12.0 Å². The maximum atomic E-state index is 13.9. The number of methoxy groups -OCH3 is 1. The van der Waals surface area contributed by atoms with Crippen molar-refractivity contribution in [3.05, 3.63) is 72.3 Å². The standard InChI is InChI=1S/C19H15F2NO3S/c1-25-13-8-6-12(7-9-13)15-10-17(20)18(21)11-16(15)14-4-2-3-5-19(14)26(22,23)24/h2-11H,1H3,(H2,22,23,24). The van der Waals surface area contributed by atoms with E-state index >= 15 is 0 Å². The molecule has 0 saturated carbocycles. The molecule has 7 heteroatoms. The Morgan fingerprint density at radius 2 is 1.42 bits per heavy atom. The van der Waals surface area contributed by atoms with Crippen LogP contribution < -0.4 is 9.88 Å². The molecule has 0 radical (unpaired) electrons. The molecule has 0 aliphatic rings. The average molecular weight is 375 g/mol. The molecule has 2 N–H and O–H groups in total. The van der Waals surface area contributed by atoms with Crippen molar-refractivity contribution in [2.75, 3.05) is 7.11 Å². The molecule has 0 unspecified atom stereocenters. The fourth-order valence-electron chi connectivity index (χ4n) is 2.72. The van der Waals surface area contributed by atoms with Gasteiger partial charge in [-0.3, -0.25) is 0 Å². The van der Waals surface area contributed by atoms with Gasteiger partial charge in [-0.1, -0.05) is 30.3 Å². The highest BCUT2D eigenvalue weighted by Crippen LogP contribution is 2.37. The van der Waals surface area contributed by atoms with E-state index in [-0.39, 0.29) is 16.0 Å². The van der Waals surface area contributed by atoms with Crippen LogP contribution in [0.2, 0.25) is 0 Å². The maximum Gasteiger partial charge on any atom is 0.238 e. The van der Waals surface area contributed by atoms with E-state index in [0.717, 1.165) is 12.1 Å². The molecule has 0 aliphatic carbocycles. The molecule has 0 aliphatic heterocycles. The number of hydrogen-bond donors (Lipinski definition) is 1. The smallest absolute Gasteiger partial charge is 0.238 e. The van der Waals surface area contributed by atoms with E-state index in [4.69, 9.17) is 9.88 Å². The van der Waals surface area contributed by atoms with Gasteiger partial charge in [0.25, 0.3) is 0 Å². The molecule has 0 atom stereocenters. The van der Waals surface area contributed by atoms with Crippen LogP contribution in [0.5, 0.6) is 5.75 Å². The van der Waals surface area contributed by atoms with E-state index < -0.39 is 21.7 Å². The van der Waals surface area contributed by atoms with Crippen molar-refractivity contribution >= 4 is 10.0 Å². The van der Waals surface area contributed by atoms with Crippen LogP contribution in [-0.4, -0.2) is 15.5 Å². The quantitative estimate of drug-likeness (QED) is 0.751. The zero-order valence-electron chi connectivity index (χ0n) is 13.7. The van der Waals surface area contributed by atoms with Crippen LogP contribution in [-0.2, 0) is 10.0 Å². The third-order valence-electron chi connectivity index (χ3n) is 3.95. The van der Waals surface area contributed by atoms with Crippen molar-refractivity contribution in [3.8, 4) is 28.0 Å². The Labute approximate surface area is 149 Å². The third-order valence-corrected chi connectivity index (χ3v) is 4.91. The van der Waals surface area contributed by atoms with E-state index in [1.165, 1.54) is 25.3 Å². The fourth-order valence-corrected chi connectivity index (χ4v) is 3.47. The summed E-state index contributed by atoms with van der Waals surface area (Å²) in [4.78, 5) is -0.166. The van der Waals surface area contributed by atoms with Gasteiger partial charge in [0.1, 0.15) is 5.75 Å². The Hall–Kier alpha value is -2.77. The van der Waals surface area contributed by atoms with E-state index in [0.29, 0.717) is 16.9 Å². The predicted molar refractivity (Wildman–Crippen MR) is 95.2 cm³/mol. The number of rotatable bonds is 4. The topological polar surface area (TPSA) is 69.4 Å². The van der Waals surface area contributed by atoms with Crippen LogP contribution in [0, 0.1) is 11.6 Å². The highest BCUT2D eigenvalue weighted by Gasteiger charge is 2.20. The molecular formula is C19H15F2NO3S. The number of sulfonamides is 1. The molecule has 0 amide bonds. The summed E-state index contributed by atoms with van der Waals surface area (Å²) in [6.07, 6.45) is 0. The fraction of sp³-hybridized carbons (Fsp3) is 0.0526. The van der Waals surface area contributed by atoms with Crippen molar-refractivity contribution in [2.24, 2.45) is 5.14 Å². The summed E-state index contributed by atoms with van der Waals surface area (Å²) in [6.45, 7) is 0. The van der Waals surface area contributed by atoms with E-state index in [1.54, 1.807) is 30.3 Å². The first-order valence-electron chi connectivity index (χ1n) is 7.57. The SMILES string of the molecule is COc1ccc(-c2cc(F)c(F)cc2-c2ccccc2S(N)(=O)=O)cc1. The predicted octanol–water partition coefficient (Wildman–Crippen LogP) is 3.95. The zero-order chi connectivity index (χ0) is 18.9. The van der Waals surface area contributed by atoms with Crippen LogP contribution in [0.1, 0.15) is 0 Å².